The second-order valence-electron chi connectivity index (χ2n) is 6.45. The monoisotopic (exact) mass is 352 g/mol. The Morgan fingerprint density at radius 1 is 1.38 bits per heavy atom. The van der Waals surface area contributed by atoms with Gasteiger partial charge in [0.1, 0.15) is 11.4 Å². The Hall–Kier alpha value is -1.93. The number of ether oxygens (including phenoxy) is 2. The van der Waals surface area contributed by atoms with E-state index in [4.69, 9.17) is 9.47 Å². The van der Waals surface area contributed by atoms with Crippen molar-refractivity contribution in [2.75, 3.05) is 6.61 Å². The third kappa shape index (κ3) is 2.69. The highest BCUT2D eigenvalue weighted by molar-refractivity contribution is 7.18. The number of fused-ring (bicyclic) bond motifs is 3. The van der Waals surface area contributed by atoms with Gasteiger partial charge in [0.05, 0.1) is 24.2 Å². The molecular formula is C16H20N2O5S. The van der Waals surface area contributed by atoms with Gasteiger partial charge in [0.25, 0.3) is 5.56 Å². The minimum atomic E-state index is -0.594. The first-order chi connectivity index (χ1) is 11.2. The Kier molecular flexibility index (Phi) is 4.13. The molecule has 0 bridgehead atoms. The lowest BCUT2D eigenvalue weighted by Crippen LogP contribution is -2.41. The van der Waals surface area contributed by atoms with Crippen LogP contribution in [0.15, 0.2) is 9.59 Å². The first-order valence-electron chi connectivity index (χ1n) is 7.79. The number of esters is 1. The van der Waals surface area contributed by atoms with Gasteiger partial charge in [-0.2, -0.15) is 0 Å². The van der Waals surface area contributed by atoms with Crippen LogP contribution in [-0.2, 0) is 40.9 Å². The predicted molar refractivity (Wildman–Crippen MR) is 90.5 cm³/mol. The van der Waals surface area contributed by atoms with E-state index in [0.29, 0.717) is 23.2 Å². The van der Waals surface area contributed by atoms with Crippen molar-refractivity contribution in [3.05, 3.63) is 31.3 Å². The molecule has 0 fully saturated rings. The maximum atomic E-state index is 12.9. The van der Waals surface area contributed by atoms with Crippen molar-refractivity contribution in [1.82, 2.24) is 9.13 Å². The number of carbonyl (C=O) groups excluding carboxylic acids is 1. The first-order valence-corrected chi connectivity index (χ1v) is 8.60. The highest BCUT2D eigenvalue weighted by Gasteiger charge is 2.31. The third-order valence-corrected chi connectivity index (χ3v) is 5.42. The summed E-state index contributed by atoms with van der Waals surface area (Å²) in [6.45, 7) is 5.87. The Bertz CT molecular complexity index is 935. The van der Waals surface area contributed by atoms with E-state index >= 15 is 0 Å². The molecule has 2 aromatic heterocycles. The van der Waals surface area contributed by atoms with Gasteiger partial charge < -0.3 is 9.47 Å². The molecule has 3 heterocycles. The van der Waals surface area contributed by atoms with Gasteiger partial charge in [0.15, 0.2) is 0 Å². The van der Waals surface area contributed by atoms with Gasteiger partial charge in [0, 0.05) is 18.3 Å². The highest BCUT2D eigenvalue weighted by atomic mass is 32.1. The molecular weight excluding hydrogens is 332 g/mol. The highest BCUT2D eigenvalue weighted by Crippen LogP contribution is 2.36. The molecule has 1 aliphatic heterocycles. The number of nitrogens with zero attached hydrogens (tertiary/aromatic N) is 2. The lowest BCUT2D eigenvalue weighted by molar-refractivity contribution is -0.143. The predicted octanol–water partition coefficient (Wildman–Crippen LogP) is 1.18. The van der Waals surface area contributed by atoms with Gasteiger partial charge in [0.2, 0.25) is 0 Å². The quantitative estimate of drug-likeness (QED) is 0.775. The number of hydrogen-bond acceptors (Lipinski definition) is 6. The van der Waals surface area contributed by atoms with E-state index in [1.54, 1.807) is 14.0 Å². The van der Waals surface area contributed by atoms with E-state index in [-0.39, 0.29) is 18.8 Å². The molecule has 24 heavy (non-hydrogen) atoms. The van der Waals surface area contributed by atoms with Crippen LogP contribution in [0.3, 0.4) is 0 Å². The maximum Gasteiger partial charge on any atom is 0.332 e. The molecule has 0 N–H and O–H groups in total. The Balaban J connectivity index is 2.24. The normalized spacial score (nSPS) is 16.2. The molecule has 0 aromatic carbocycles. The van der Waals surface area contributed by atoms with Gasteiger partial charge in [-0.25, -0.2) is 9.36 Å². The first kappa shape index (κ1) is 16.9. The van der Waals surface area contributed by atoms with Gasteiger partial charge in [-0.05, 0) is 26.3 Å². The van der Waals surface area contributed by atoms with Crippen molar-refractivity contribution < 1.29 is 14.3 Å². The standard InChI is InChI=1S/C16H20N2O5S/c1-5-22-11(19)7-18-13(20)12-9-6-16(2,3)23-8-10(9)24-14(12)17(4)15(18)21/h5-8H2,1-4H3. The molecule has 0 spiro atoms. The van der Waals surface area contributed by atoms with E-state index in [1.807, 2.05) is 13.8 Å². The minimum absolute atomic E-state index is 0.204. The van der Waals surface area contributed by atoms with Crippen LogP contribution in [0.1, 0.15) is 31.2 Å². The summed E-state index contributed by atoms with van der Waals surface area (Å²) in [5, 5.41) is 0.512. The lowest BCUT2D eigenvalue weighted by Gasteiger charge is -2.29. The summed E-state index contributed by atoms with van der Waals surface area (Å²) >= 11 is 1.40. The molecule has 7 nitrogen and oxygen atoms in total. The molecule has 2 aromatic rings. The molecule has 0 atom stereocenters. The largest absolute Gasteiger partial charge is 0.465 e. The van der Waals surface area contributed by atoms with Crippen LogP contribution in [0.25, 0.3) is 10.2 Å². The van der Waals surface area contributed by atoms with Crippen LogP contribution in [0.4, 0.5) is 0 Å². The van der Waals surface area contributed by atoms with Crippen molar-refractivity contribution in [2.24, 2.45) is 7.05 Å². The molecule has 0 saturated heterocycles. The number of thiophene rings is 1. The van der Waals surface area contributed by atoms with Crippen molar-refractivity contribution in [2.45, 2.75) is 45.9 Å². The van der Waals surface area contributed by atoms with Crippen LogP contribution >= 0.6 is 11.3 Å². The second kappa shape index (κ2) is 5.86. The smallest absolute Gasteiger partial charge is 0.332 e. The fraction of sp³-hybridized carbons (Fsp3) is 0.562. The number of hydrogen-bond donors (Lipinski definition) is 0. The van der Waals surface area contributed by atoms with E-state index in [2.05, 4.69) is 0 Å². The Labute approximate surface area is 142 Å². The van der Waals surface area contributed by atoms with Crippen molar-refractivity contribution in [3.8, 4) is 0 Å². The average Bonchev–Trinajstić information content (AvgIpc) is 2.87. The zero-order valence-electron chi connectivity index (χ0n) is 14.2. The third-order valence-electron chi connectivity index (χ3n) is 4.14. The molecule has 0 unspecified atom stereocenters. The summed E-state index contributed by atoms with van der Waals surface area (Å²) in [6.07, 6.45) is 0.592. The van der Waals surface area contributed by atoms with E-state index in [9.17, 15) is 14.4 Å². The topological polar surface area (TPSA) is 79.5 Å². The Morgan fingerprint density at radius 2 is 2.08 bits per heavy atom. The summed E-state index contributed by atoms with van der Waals surface area (Å²) in [5.74, 6) is -0.594. The number of aryl methyl sites for hydroxylation is 1. The molecule has 0 radical (unpaired) electrons. The molecule has 1 aliphatic rings. The lowest BCUT2D eigenvalue weighted by atomic mass is 9.94. The van der Waals surface area contributed by atoms with E-state index < -0.39 is 17.2 Å². The van der Waals surface area contributed by atoms with E-state index in [1.165, 1.54) is 15.9 Å². The van der Waals surface area contributed by atoms with Crippen molar-refractivity contribution >= 4 is 27.5 Å². The fourth-order valence-corrected chi connectivity index (χ4v) is 4.14. The molecule has 130 valence electrons. The van der Waals surface area contributed by atoms with Crippen LogP contribution in [0.5, 0.6) is 0 Å². The fourth-order valence-electron chi connectivity index (χ4n) is 2.96. The summed E-state index contributed by atoms with van der Waals surface area (Å²) in [6, 6.07) is 0. The minimum Gasteiger partial charge on any atom is -0.465 e. The Morgan fingerprint density at radius 3 is 2.75 bits per heavy atom. The summed E-state index contributed by atoms with van der Waals surface area (Å²) in [7, 11) is 1.61. The molecule has 8 heteroatoms. The average molecular weight is 352 g/mol. The number of carbonyl (C=O) groups is 1. The zero-order chi connectivity index (χ0) is 17.6. The van der Waals surface area contributed by atoms with Crippen molar-refractivity contribution in [3.63, 3.8) is 0 Å². The van der Waals surface area contributed by atoms with Crippen molar-refractivity contribution in [1.29, 1.82) is 0 Å². The van der Waals surface area contributed by atoms with Gasteiger partial charge in [-0.15, -0.1) is 11.3 Å². The molecule has 3 rings (SSSR count). The van der Waals surface area contributed by atoms with Gasteiger partial charge >= 0.3 is 11.7 Å². The van der Waals surface area contributed by atoms with Crippen LogP contribution in [0.2, 0.25) is 0 Å². The van der Waals surface area contributed by atoms with Gasteiger partial charge in [-0.1, -0.05) is 0 Å². The molecule has 0 saturated carbocycles. The summed E-state index contributed by atoms with van der Waals surface area (Å²) in [4.78, 5) is 38.7. The van der Waals surface area contributed by atoms with E-state index in [0.717, 1.165) is 15.0 Å². The van der Waals surface area contributed by atoms with Crippen LogP contribution in [-0.4, -0.2) is 27.3 Å². The zero-order valence-corrected chi connectivity index (χ0v) is 15.0. The van der Waals surface area contributed by atoms with Crippen LogP contribution < -0.4 is 11.2 Å². The maximum absolute atomic E-state index is 12.9. The SMILES string of the molecule is CCOC(=O)Cn1c(=O)c2c3c(sc2n(C)c1=O)COC(C)(C)C3. The number of aromatic nitrogens is 2. The number of rotatable bonds is 3. The van der Waals surface area contributed by atoms with Crippen LogP contribution in [0, 0.1) is 0 Å². The summed E-state index contributed by atoms with van der Waals surface area (Å²) in [5.41, 5.74) is -0.395. The molecule has 0 amide bonds. The summed E-state index contributed by atoms with van der Waals surface area (Å²) < 4.78 is 13.0. The molecule has 0 aliphatic carbocycles. The van der Waals surface area contributed by atoms with Gasteiger partial charge in [-0.3, -0.25) is 14.2 Å². The second-order valence-corrected chi connectivity index (χ2v) is 7.53.